The SMILES string of the molecule is CC[C@H]1C(C)(C)CCC[C@]1(C)C1CCOC1C. The molecule has 4 atom stereocenters. The van der Waals surface area contributed by atoms with Gasteiger partial charge in [-0.25, -0.2) is 0 Å². The molecule has 1 saturated heterocycles. The van der Waals surface area contributed by atoms with Crippen molar-refractivity contribution in [2.75, 3.05) is 6.61 Å². The normalized spacial score (nSPS) is 46.1. The summed E-state index contributed by atoms with van der Waals surface area (Å²) in [6.07, 6.45) is 7.30. The number of hydrogen-bond donors (Lipinski definition) is 0. The molecule has 100 valence electrons. The van der Waals surface area contributed by atoms with Crippen LogP contribution in [0.5, 0.6) is 0 Å². The molecule has 0 aromatic rings. The van der Waals surface area contributed by atoms with E-state index >= 15 is 0 Å². The molecule has 0 bridgehead atoms. The van der Waals surface area contributed by atoms with Crippen LogP contribution in [0.3, 0.4) is 0 Å². The first-order valence-electron chi connectivity index (χ1n) is 7.53. The van der Waals surface area contributed by atoms with E-state index in [4.69, 9.17) is 4.74 Å². The highest BCUT2D eigenvalue weighted by molar-refractivity contribution is 5.00. The fourth-order valence-corrected chi connectivity index (χ4v) is 5.23. The van der Waals surface area contributed by atoms with E-state index in [1.54, 1.807) is 0 Å². The highest BCUT2D eigenvalue weighted by Crippen LogP contribution is 2.58. The van der Waals surface area contributed by atoms with E-state index in [0.29, 0.717) is 16.9 Å². The first-order valence-corrected chi connectivity index (χ1v) is 7.53. The standard InChI is InChI=1S/C16H30O/c1-6-14-15(3,4)9-7-10-16(14,5)13-8-11-17-12(13)2/h12-14H,6-11H2,1-5H3/t12?,13?,14-,16+/m0/s1. The number of rotatable bonds is 2. The van der Waals surface area contributed by atoms with Crippen LogP contribution in [0.15, 0.2) is 0 Å². The molecule has 2 rings (SSSR count). The predicted molar refractivity (Wildman–Crippen MR) is 73.0 cm³/mol. The van der Waals surface area contributed by atoms with Gasteiger partial charge in [0.1, 0.15) is 0 Å². The highest BCUT2D eigenvalue weighted by Gasteiger charge is 2.51. The summed E-state index contributed by atoms with van der Waals surface area (Å²) in [7, 11) is 0. The molecular formula is C16H30O. The van der Waals surface area contributed by atoms with Gasteiger partial charge in [-0.15, -0.1) is 0 Å². The van der Waals surface area contributed by atoms with Crippen LogP contribution in [0.25, 0.3) is 0 Å². The van der Waals surface area contributed by atoms with Crippen molar-refractivity contribution in [3.8, 4) is 0 Å². The Morgan fingerprint density at radius 2 is 1.88 bits per heavy atom. The summed E-state index contributed by atoms with van der Waals surface area (Å²) in [6, 6.07) is 0. The molecule has 0 aromatic carbocycles. The molecule has 1 saturated carbocycles. The first kappa shape index (κ1) is 13.4. The van der Waals surface area contributed by atoms with E-state index in [-0.39, 0.29) is 0 Å². The minimum absolute atomic E-state index is 0.475. The summed E-state index contributed by atoms with van der Waals surface area (Å²) < 4.78 is 5.84. The van der Waals surface area contributed by atoms with Crippen LogP contribution in [0.1, 0.15) is 66.7 Å². The van der Waals surface area contributed by atoms with E-state index in [0.717, 1.165) is 18.4 Å². The zero-order valence-electron chi connectivity index (χ0n) is 12.4. The third-order valence-electron chi connectivity index (χ3n) is 5.91. The molecule has 17 heavy (non-hydrogen) atoms. The average Bonchev–Trinajstić information content (AvgIpc) is 2.64. The molecule has 1 aliphatic carbocycles. The lowest BCUT2D eigenvalue weighted by molar-refractivity contribution is -0.0621. The van der Waals surface area contributed by atoms with Gasteiger partial charge in [-0.05, 0) is 48.9 Å². The molecule has 1 heteroatoms. The molecule has 1 aliphatic heterocycles. The molecular weight excluding hydrogens is 208 g/mol. The van der Waals surface area contributed by atoms with Gasteiger partial charge in [-0.3, -0.25) is 0 Å². The second kappa shape index (κ2) is 4.57. The Bertz CT molecular complexity index is 271. The molecule has 2 fully saturated rings. The van der Waals surface area contributed by atoms with Crippen molar-refractivity contribution in [1.82, 2.24) is 0 Å². The minimum Gasteiger partial charge on any atom is -0.378 e. The molecule has 0 spiro atoms. The Kier molecular flexibility index (Phi) is 3.60. The van der Waals surface area contributed by atoms with E-state index in [9.17, 15) is 0 Å². The van der Waals surface area contributed by atoms with Gasteiger partial charge in [0.05, 0.1) is 6.10 Å². The molecule has 1 nitrogen and oxygen atoms in total. The predicted octanol–water partition coefficient (Wildman–Crippen LogP) is 4.65. The zero-order valence-corrected chi connectivity index (χ0v) is 12.4. The topological polar surface area (TPSA) is 9.23 Å². The maximum Gasteiger partial charge on any atom is 0.0581 e. The first-order chi connectivity index (χ1) is 7.92. The monoisotopic (exact) mass is 238 g/mol. The largest absolute Gasteiger partial charge is 0.378 e. The summed E-state index contributed by atoms with van der Waals surface area (Å²) >= 11 is 0. The Balaban J connectivity index is 2.26. The Morgan fingerprint density at radius 3 is 2.41 bits per heavy atom. The van der Waals surface area contributed by atoms with Gasteiger partial charge in [-0.1, -0.05) is 40.5 Å². The Morgan fingerprint density at radius 1 is 1.18 bits per heavy atom. The summed E-state index contributed by atoms with van der Waals surface area (Å²) in [5.41, 5.74) is 1.02. The lowest BCUT2D eigenvalue weighted by atomic mass is 9.51. The lowest BCUT2D eigenvalue weighted by Gasteiger charge is -2.54. The molecule has 2 aliphatic rings. The highest BCUT2D eigenvalue weighted by atomic mass is 16.5. The van der Waals surface area contributed by atoms with Crippen molar-refractivity contribution in [1.29, 1.82) is 0 Å². The minimum atomic E-state index is 0.475. The van der Waals surface area contributed by atoms with Crippen LogP contribution in [-0.2, 0) is 4.74 Å². The van der Waals surface area contributed by atoms with Crippen molar-refractivity contribution >= 4 is 0 Å². The smallest absolute Gasteiger partial charge is 0.0581 e. The van der Waals surface area contributed by atoms with Gasteiger partial charge < -0.3 is 4.74 Å². The fourth-order valence-electron chi connectivity index (χ4n) is 5.23. The summed E-state index contributed by atoms with van der Waals surface area (Å²) in [5.74, 6) is 1.64. The summed E-state index contributed by atoms with van der Waals surface area (Å²) in [6.45, 7) is 13.2. The quantitative estimate of drug-likeness (QED) is 0.680. The van der Waals surface area contributed by atoms with Crippen LogP contribution in [0.4, 0.5) is 0 Å². The second-order valence-electron chi connectivity index (χ2n) is 7.28. The zero-order chi connectivity index (χ0) is 12.7. The van der Waals surface area contributed by atoms with Crippen LogP contribution in [0, 0.1) is 22.7 Å². The van der Waals surface area contributed by atoms with Gasteiger partial charge in [0, 0.05) is 6.61 Å². The fraction of sp³-hybridized carbons (Fsp3) is 1.00. The third kappa shape index (κ3) is 2.16. The number of ether oxygens (including phenoxy) is 1. The third-order valence-corrected chi connectivity index (χ3v) is 5.91. The summed E-state index contributed by atoms with van der Waals surface area (Å²) in [4.78, 5) is 0. The van der Waals surface area contributed by atoms with Crippen LogP contribution in [0.2, 0.25) is 0 Å². The lowest BCUT2D eigenvalue weighted by Crippen LogP contribution is -2.47. The maximum atomic E-state index is 5.84. The van der Waals surface area contributed by atoms with Gasteiger partial charge in [0.15, 0.2) is 0 Å². The second-order valence-corrected chi connectivity index (χ2v) is 7.28. The Labute approximate surface area is 107 Å². The van der Waals surface area contributed by atoms with Crippen molar-refractivity contribution in [3.05, 3.63) is 0 Å². The molecule has 0 aromatic heterocycles. The average molecular weight is 238 g/mol. The molecule has 0 N–H and O–H groups in total. The van der Waals surface area contributed by atoms with Crippen molar-refractivity contribution in [2.24, 2.45) is 22.7 Å². The van der Waals surface area contributed by atoms with Crippen LogP contribution < -0.4 is 0 Å². The van der Waals surface area contributed by atoms with Crippen molar-refractivity contribution in [2.45, 2.75) is 72.8 Å². The molecule has 1 heterocycles. The molecule has 0 amide bonds. The van der Waals surface area contributed by atoms with E-state index in [1.165, 1.54) is 32.1 Å². The van der Waals surface area contributed by atoms with Crippen molar-refractivity contribution < 1.29 is 4.74 Å². The molecule has 2 unspecified atom stereocenters. The van der Waals surface area contributed by atoms with Gasteiger partial charge in [0.2, 0.25) is 0 Å². The van der Waals surface area contributed by atoms with Crippen LogP contribution in [-0.4, -0.2) is 12.7 Å². The van der Waals surface area contributed by atoms with E-state index in [2.05, 4.69) is 34.6 Å². The van der Waals surface area contributed by atoms with E-state index in [1.807, 2.05) is 0 Å². The van der Waals surface area contributed by atoms with Gasteiger partial charge in [-0.2, -0.15) is 0 Å². The summed E-state index contributed by atoms with van der Waals surface area (Å²) in [5, 5.41) is 0. The van der Waals surface area contributed by atoms with E-state index < -0.39 is 0 Å². The number of hydrogen-bond acceptors (Lipinski definition) is 1. The molecule has 0 radical (unpaired) electrons. The van der Waals surface area contributed by atoms with Gasteiger partial charge >= 0.3 is 0 Å². The maximum absolute atomic E-state index is 5.84. The van der Waals surface area contributed by atoms with Crippen molar-refractivity contribution in [3.63, 3.8) is 0 Å². The Hall–Kier alpha value is -0.0400. The van der Waals surface area contributed by atoms with Crippen LogP contribution >= 0.6 is 0 Å². The van der Waals surface area contributed by atoms with Gasteiger partial charge in [0.25, 0.3) is 0 Å².